The fraction of sp³-hybridized carbons (Fsp3) is 0.167. The van der Waals surface area contributed by atoms with Gasteiger partial charge in [0.25, 0.3) is 0 Å². The molecule has 0 bridgehead atoms. The van der Waals surface area contributed by atoms with Crippen LogP contribution in [0.3, 0.4) is 0 Å². The van der Waals surface area contributed by atoms with Gasteiger partial charge in [-0.2, -0.15) is 0 Å². The lowest BCUT2D eigenvalue weighted by Crippen LogP contribution is -2.35. The molecule has 2 nitrogen and oxygen atoms in total. The molecule has 0 saturated carbocycles. The van der Waals surface area contributed by atoms with E-state index in [-0.39, 0.29) is 5.82 Å². The molecule has 0 saturated heterocycles. The Morgan fingerprint density at radius 2 is 2.00 bits per heavy atom. The topological polar surface area (TPSA) is 38.9 Å². The molecule has 1 aliphatic carbocycles. The van der Waals surface area contributed by atoms with E-state index in [4.69, 9.17) is 5.73 Å². The van der Waals surface area contributed by atoms with Crippen molar-refractivity contribution in [1.82, 2.24) is 4.98 Å². The van der Waals surface area contributed by atoms with Crippen molar-refractivity contribution in [2.24, 2.45) is 5.73 Å². The van der Waals surface area contributed by atoms with Gasteiger partial charge in [0.1, 0.15) is 5.82 Å². The van der Waals surface area contributed by atoms with E-state index in [1.54, 1.807) is 12.3 Å². The zero-order valence-corrected chi connectivity index (χ0v) is 11.5. The third-order valence-corrected chi connectivity index (χ3v) is 4.50. The van der Waals surface area contributed by atoms with Gasteiger partial charge < -0.3 is 5.73 Å². The normalized spacial score (nSPS) is 20.7. The SMILES string of the molecule is NC1(c2cccc3cnccc23)CCc2cc(F)ccc21. The van der Waals surface area contributed by atoms with Crippen LogP contribution in [0.1, 0.15) is 23.1 Å². The van der Waals surface area contributed by atoms with Crippen LogP contribution in [0.2, 0.25) is 0 Å². The summed E-state index contributed by atoms with van der Waals surface area (Å²) in [4.78, 5) is 4.17. The van der Waals surface area contributed by atoms with Gasteiger partial charge in [-0.1, -0.05) is 24.3 Å². The number of benzene rings is 2. The maximum atomic E-state index is 13.4. The molecule has 0 fully saturated rings. The summed E-state index contributed by atoms with van der Waals surface area (Å²) >= 11 is 0. The lowest BCUT2D eigenvalue weighted by atomic mass is 9.83. The zero-order valence-electron chi connectivity index (χ0n) is 11.5. The second-order valence-electron chi connectivity index (χ2n) is 5.68. The number of hydrogen-bond donors (Lipinski definition) is 1. The first-order valence-corrected chi connectivity index (χ1v) is 7.09. The molecule has 1 unspecified atom stereocenters. The van der Waals surface area contributed by atoms with E-state index in [0.29, 0.717) is 0 Å². The van der Waals surface area contributed by atoms with Crippen molar-refractivity contribution in [2.45, 2.75) is 18.4 Å². The van der Waals surface area contributed by atoms with E-state index in [9.17, 15) is 4.39 Å². The highest BCUT2D eigenvalue weighted by atomic mass is 19.1. The lowest BCUT2D eigenvalue weighted by Gasteiger charge is -2.27. The molecule has 104 valence electrons. The number of aryl methyl sites for hydroxylation is 1. The van der Waals surface area contributed by atoms with Gasteiger partial charge in [-0.15, -0.1) is 0 Å². The molecule has 0 aliphatic heterocycles. The molecule has 4 rings (SSSR count). The molecule has 2 N–H and O–H groups in total. The molecule has 3 heteroatoms. The Morgan fingerprint density at radius 1 is 1.10 bits per heavy atom. The van der Waals surface area contributed by atoms with Gasteiger partial charge in [-0.25, -0.2) is 4.39 Å². The Labute approximate surface area is 122 Å². The molecular weight excluding hydrogens is 263 g/mol. The third kappa shape index (κ3) is 1.78. The highest BCUT2D eigenvalue weighted by Gasteiger charge is 2.37. The fourth-order valence-electron chi connectivity index (χ4n) is 3.46. The van der Waals surface area contributed by atoms with Crippen molar-refractivity contribution in [3.05, 3.63) is 77.4 Å². The number of hydrogen-bond acceptors (Lipinski definition) is 2. The summed E-state index contributed by atoms with van der Waals surface area (Å²) in [6, 6.07) is 13.1. The van der Waals surface area contributed by atoms with Crippen LogP contribution in [-0.2, 0) is 12.0 Å². The van der Waals surface area contributed by atoms with Crippen LogP contribution in [0.5, 0.6) is 0 Å². The van der Waals surface area contributed by atoms with Crippen molar-refractivity contribution in [3.63, 3.8) is 0 Å². The molecule has 1 heterocycles. The summed E-state index contributed by atoms with van der Waals surface area (Å²) < 4.78 is 13.4. The summed E-state index contributed by atoms with van der Waals surface area (Å²) in [6.07, 6.45) is 5.25. The molecular formula is C18H15FN2. The number of nitrogens with zero attached hydrogens (tertiary/aromatic N) is 1. The summed E-state index contributed by atoms with van der Waals surface area (Å²) in [5.74, 6) is -0.194. The lowest BCUT2D eigenvalue weighted by molar-refractivity contribution is 0.539. The monoisotopic (exact) mass is 278 g/mol. The van der Waals surface area contributed by atoms with Gasteiger partial charge in [-0.3, -0.25) is 4.98 Å². The minimum atomic E-state index is -0.552. The van der Waals surface area contributed by atoms with E-state index in [1.807, 2.05) is 30.5 Å². The van der Waals surface area contributed by atoms with E-state index in [0.717, 1.165) is 40.3 Å². The molecule has 1 aliphatic rings. The summed E-state index contributed by atoms with van der Waals surface area (Å²) in [5.41, 5.74) is 9.36. The van der Waals surface area contributed by atoms with Crippen molar-refractivity contribution >= 4 is 10.8 Å². The van der Waals surface area contributed by atoms with Crippen molar-refractivity contribution in [2.75, 3.05) is 0 Å². The number of halogens is 1. The minimum Gasteiger partial charge on any atom is -0.318 e. The van der Waals surface area contributed by atoms with Crippen LogP contribution >= 0.6 is 0 Å². The van der Waals surface area contributed by atoms with Crippen LogP contribution in [0.4, 0.5) is 4.39 Å². The number of rotatable bonds is 1. The maximum Gasteiger partial charge on any atom is 0.123 e. The van der Waals surface area contributed by atoms with Gasteiger partial charge in [0.05, 0.1) is 5.54 Å². The van der Waals surface area contributed by atoms with E-state index >= 15 is 0 Å². The smallest absolute Gasteiger partial charge is 0.123 e. The number of pyridine rings is 1. The van der Waals surface area contributed by atoms with Crippen LogP contribution in [0.15, 0.2) is 54.9 Å². The van der Waals surface area contributed by atoms with Gasteiger partial charge >= 0.3 is 0 Å². The highest BCUT2D eigenvalue weighted by Crippen LogP contribution is 2.42. The maximum absolute atomic E-state index is 13.4. The first-order valence-electron chi connectivity index (χ1n) is 7.09. The van der Waals surface area contributed by atoms with Gasteiger partial charge in [0.15, 0.2) is 0 Å². The Kier molecular flexibility index (Phi) is 2.59. The molecule has 3 aromatic rings. The third-order valence-electron chi connectivity index (χ3n) is 4.50. The Balaban J connectivity index is 1.98. The van der Waals surface area contributed by atoms with E-state index in [1.165, 1.54) is 6.07 Å². The number of fused-ring (bicyclic) bond motifs is 2. The van der Waals surface area contributed by atoms with Crippen LogP contribution in [-0.4, -0.2) is 4.98 Å². The van der Waals surface area contributed by atoms with E-state index in [2.05, 4.69) is 11.1 Å². The average Bonchev–Trinajstić information content (AvgIpc) is 2.84. The second kappa shape index (κ2) is 4.37. The Bertz CT molecular complexity index is 838. The molecule has 0 radical (unpaired) electrons. The second-order valence-corrected chi connectivity index (χ2v) is 5.68. The summed E-state index contributed by atoms with van der Waals surface area (Å²) in [5, 5.41) is 2.20. The number of nitrogens with two attached hydrogens (primary N) is 1. The fourth-order valence-corrected chi connectivity index (χ4v) is 3.46. The van der Waals surface area contributed by atoms with Crippen molar-refractivity contribution in [1.29, 1.82) is 0 Å². The summed E-state index contributed by atoms with van der Waals surface area (Å²) in [6.45, 7) is 0. The molecule has 1 atom stereocenters. The Morgan fingerprint density at radius 3 is 2.90 bits per heavy atom. The average molecular weight is 278 g/mol. The predicted molar refractivity (Wildman–Crippen MR) is 81.4 cm³/mol. The molecule has 0 spiro atoms. The standard InChI is InChI=1S/C18H15FN2/c19-14-4-5-16-12(10-14)6-8-18(16,20)17-3-1-2-13-11-21-9-7-15(13)17/h1-5,7,9-11H,6,8,20H2. The minimum absolute atomic E-state index is 0.194. The van der Waals surface area contributed by atoms with Crippen molar-refractivity contribution in [3.8, 4) is 0 Å². The summed E-state index contributed by atoms with van der Waals surface area (Å²) in [7, 11) is 0. The first-order chi connectivity index (χ1) is 10.2. The zero-order chi connectivity index (χ0) is 14.4. The van der Waals surface area contributed by atoms with E-state index < -0.39 is 5.54 Å². The molecule has 0 amide bonds. The van der Waals surface area contributed by atoms with Gasteiger partial charge in [0, 0.05) is 17.8 Å². The van der Waals surface area contributed by atoms with Gasteiger partial charge in [0.2, 0.25) is 0 Å². The Hall–Kier alpha value is -2.26. The highest BCUT2D eigenvalue weighted by molar-refractivity contribution is 5.86. The first kappa shape index (κ1) is 12.5. The van der Waals surface area contributed by atoms with Crippen LogP contribution in [0, 0.1) is 5.82 Å². The van der Waals surface area contributed by atoms with Gasteiger partial charge in [-0.05, 0) is 53.1 Å². The quantitative estimate of drug-likeness (QED) is 0.739. The predicted octanol–water partition coefficient (Wildman–Crippen LogP) is 3.52. The molecule has 2 aromatic carbocycles. The van der Waals surface area contributed by atoms with Crippen LogP contribution < -0.4 is 5.73 Å². The molecule has 21 heavy (non-hydrogen) atoms. The molecule has 1 aromatic heterocycles. The number of aromatic nitrogens is 1. The largest absolute Gasteiger partial charge is 0.318 e. The van der Waals surface area contributed by atoms with Crippen LogP contribution in [0.25, 0.3) is 10.8 Å². The van der Waals surface area contributed by atoms with Crippen molar-refractivity contribution < 1.29 is 4.39 Å².